The number of ether oxygens (including phenoxy) is 1. The molecule has 0 spiro atoms. The molecule has 1 aromatic heterocycles. The molecule has 1 aliphatic heterocycles. The van der Waals surface area contributed by atoms with Crippen LogP contribution in [0.1, 0.15) is 37.1 Å². The fraction of sp³-hybridized carbons (Fsp3) is 0.778. The Kier molecular flexibility index (Phi) is 11.7. The van der Waals surface area contributed by atoms with Gasteiger partial charge in [0.15, 0.2) is 5.96 Å². The van der Waals surface area contributed by atoms with E-state index in [4.69, 9.17) is 4.74 Å². The number of hydrogen-bond donors (Lipinski definition) is 2. The van der Waals surface area contributed by atoms with Crippen molar-refractivity contribution in [1.82, 2.24) is 20.5 Å². The number of morpholine rings is 1. The number of hydrogen-bond acceptors (Lipinski definition) is 5. The summed E-state index contributed by atoms with van der Waals surface area (Å²) in [5, 5.41) is 7.98. The van der Waals surface area contributed by atoms with Crippen molar-refractivity contribution in [3.8, 4) is 0 Å². The van der Waals surface area contributed by atoms with Gasteiger partial charge in [0.2, 0.25) is 0 Å². The van der Waals surface area contributed by atoms with Crippen LogP contribution in [0, 0.1) is 5.92 Å². The minimum absolute atomic E-state index is 0. The number of rotatable bonds is 8. The second kappa shape index (κ2) is 12.9. The first-order valence-electron chi connectivity index (χ1n) is 9.32. The number of nitrogens with zero attached hydrogens (tertiary/aromatic N) is 3. The third-order valence-electron chi connectivity index (χ3n) is 4.39. The van der Waals surface area contributed by atoms with Crippen LogP contribution in [0.2, 0.25) is 0 Å². The zero-order chi connectivity index (χ0) is 18.1. The van der Waals surface area contributed by atoms with E-state index in [0.717, 1.165) is 56.8 Å². The van der Waals surface area contributed by atoms with Crippen LogP contribution in [0.25, 0.3) is 0 Å². The smallest absolute Gasteiger partial charge is 0.191 e. The molecular weight excluding hydrogens is 461 g/mol. The van der Waals surface area contributed by atoms with E-state index in [1.54, 1.807) is 11.3 Å². The molecule has 6 nitrogen and oxygen atoms in total. The minimum atomic E-state index is 0. The van der Waals surface area contributed by atoms with Crippen LogP contribution in [-0.2, 0) is 17.7 Å². The highest BCUT2D eigenvalue weighted by atomic mass is 127. The number of guanidine groups is 1. The monoisotopic (exact) mass is 495 g/mol. The average molecular weight is 495 g/mol. The maximum absolute atomic E-state index is 5.50. The third kappa shape index (κ3) is 8.06. The van der Waals surface area contributed by atoms with Gasteiger partial charge in [0.25, 0.3) is 0 Å². The summed E-state index contributed by atoms with van der Waals surface area (Å²) in [7, 11) is 1.82. The van der Waals surface area contributed by atoms with Crippen LogP contribution in [-0.4, -0.2) is 61.8 Å². The van der Waals surface area contributed by atoms with E-state index in [2.05, 4.69) is 46.3 Å². The summed E-state index contributed by atoms with van der Waals surface area (Å²) in [6.07, 6.45) is 4.19. The van der Waals surface area contributed by atoms with Gasteiger partial charge < -0.3 is 15.4 Å². The third-order valence-corrected chi connectivity index (χ3v) is 5.53. The normalized spacial score (nSPS) is 17.0. The molecule has 1 atom stereocenters. The van der Waals surface area contributed by atoms with Crippen LogP contribution in [0.5, 0.6) is 0 Å². The molecule has 2 rings (SSSR count). The van der Waals surface area contributed by atoms with E-state index < -0.39 is 0 Å². The lowest BCUT2D eigenvalue weighted by atomic mass is 10.0. The first kappa shape index (κ1) is 23.6. The Bertz CT molecular complexity index is 531. The molecule has 0 amide bonds. The Labute approximate surface area is 179 Å². The maximum atomic E-state index is 5.50. The summed E-state index contributed by atoms with van der Waals surface area (Å²) in [4.78, 5) is 12.7. The standard InChI is InChI=1S/C18H33N5OS.HI/c1-5-16-12-20-17(25-16)13-22-18(19-4)21-11-15(10-14(2)3)23-6-8-24-9-7-23;/h12,14-15H,5-11,13H2,1-4H3,(H2,19,21,22);1H. The van der Waals surface area contributed by atoms with E-state index in [-0.39, 0.29) is 24.0 Å². The fourth-order valence-corrected chi connectivity index (χ4v) is 3.84. The predicted molar refractivity (Wildman–Crippen MR) is 121 cm³/mol. The van der Waals surface area contributed by atoms with Crippen molar-refractivity contribution in [1.29, 1.82) is 0 Å². The lowest BCUT2D eigenvalue weighted by Gasteiger charge is -2.35. The molecule has 2 heterocycles. The molecule has 1 fully saturated rings. The van der Waals surface area contributed by atoms with Crippen LogP contribution in [0.4, 0.5) is 0 Å². The fourth-order valence-electron chi connectivity index (χ4n) is 3.04. The van der Waals surface area contributed by atoms with Crippen molar-refractivity contribution in [2.75, 3.05) is 39.9 Å². The highest BCUT2D eigenvalue weighted by Gasteiger charge is 2.22. The Hall–Kier alpha value is -0.450. The average Bonchev–Trinajstić information content (AvgIpc) is 3.09. The highest BCUT2D eigenvalue weighted by molar-refractivity contribution is 14.0. The van der Waals surface area contributed by atoms with Gasteiger partial charge in [0.05, 0.1) is 19.8 Å². The summed E-state index contributed by atoms with van der Waals surface area (Å²) in [5.41, 5.74) is 0. The zero-order valence-electron chi connectivity index (χ0n) is 16.5. The number of halogens is 1. The zero-order valence-corrected chi connectivity index (χ0v) is 19.6. The van der Waals surface area contributed by atoms with Gasteiger partial charge >= 0.3 is 0 Å². The molecule has 1 saturated heterocycles. The van der Waals surface area contributed by atoms with Crippen molar-refractivity contribution in [2.24, 2.45) is 10.9 Å². The van der Waals surface area contributed by atoms with E-state index in [9.17, 15) is 0 Å². The molecular formula is C18H34IN5OS. The van der Waals surface area contributed by atoms with Crippen molar-refractivity contribution in [3.63, 3.8) is 0 Å². The second-order valence-electron chi connectivity index (χ2n) is 6.81. The Morgan fingerprint density at radius 2 is 2.08 bits per heavy atom. The van der Waals surface area contributed by atoms with Crippen LogP contribution < -0.4 is 10.6 Å². The SMILES string of the molecule is CCc1cnc(CNC(=NC)NCC(CC(C)C)N2CCOCC2)s1.I. The lowest BCUT2D eigenvalue weighted by Crippen LogP contribution is -2.50. The van der Waals surface area contributed by atoms with E-state index in [1.807, 2.05) is 13.2 Å². The number of thiazole rings is 1. The molecule has 1 aromatic rings. The first-order chi connectivity index (χ1) is 12.1. The van der Waals surface area contributed by atoms with E-state index in [1.165, 1.54) is 11.3 Å². The van der Waals surface area contributed by atoms with Gasteiger partial charge in [-0.2, -0.15) is 0 Å². The maximum Gasteiger partial charge on any atom is 0.191 e. The molecule has 150 valence electrons. The molecule has 0 bridgehead atoms. The molecule has 0 saturated carbocycles. The van der Waals surface area contributed by atoms with Gasteiger partial charge in [-0.1, -0.05) is 20.8 Å². The van der Waals surface area contributed by atoms with Crippen molar-refractivity contribution < 1.29 is 4.74 Å². The van der Waals surface area contributed by atoms with Gasteiger partial charge in [-0.25, -0.2) is 4.98 Å². The first-order valence-corrected chi connectivity index (χ1v) is 10.1. The van der Waals surface area contributed by atoms with Crippen LogP contribution in [0.15, 0.2) is 11.2 Å². The predicted octanol–water partition coefficient (Wildman–Crippen LogP) is 2.74. The molecule has 1 unspecified atom stereocenters. The summed E-state index contributed by atoms with van der Waals surface area (Å²) < 4.78 is 5.50. The Balaban J connectivity index is 0.00000338. The van der Waals surface area contributed by atoms with Crippen molar-refractivity contribution in [3.05, 3.63) is 16.1 Å². The van der Waals surface area contributed by atoms with E-state index >= 15 is 0 Å². The molecule has 1 aliphatic rings. The Morgan fingerprint density at radius 1 is 1.35 bits per heavy atom. The van der Waals surface area contributed by atoms with E-state index in [0.29, 0.717) is 12.0 Å². The summed E-state index contributed by atoms with van der Waals surface area (Å²) in [5.74, 6) is 1.52. The molecule has 8 heteroatoms. The van der Waals surface area contributed by atoms with Crippen LogP contribution in [0.3, 0.4) is 0 Å². The second-order valence-corrected chi connectivity index (χ2v) is 8.01. The minimum Gasteiger partial charge on any atom is -0.379 e. The number of aryl methyl sites for hydroxylation is 1. The Morgan fingerprint density at radius 3 is 2.65 bits per heavy atom. The lowest BCUT2D eigenvalue weighted by molar-refractivity contribution is 0.0132. The van der Waals surface area contributed by atoms with Gasteiger partial charge in [0.1, 0.15) is 5.01 Å². The van der Waals surface area contributed by atoms with Gasteiger partial charge in [-0.05, 0) is 18.8 Å². The summed E-state index contributed by atoms with van der Waals surface area (Å²) in [6, 6.07) is 0.508. The number of nitrogens with one attached hydrogen (secondary N) is 2. The van der Waals surface area contributed by atoms with Crippen LogP contribution >= 0.6 is 35.3 Å². The summed E-state index contributed by atoms with van der Waals surface area (Å²) >= 11 is 1.76. The van der Waals surface area contributed by atoms with Gasteiger partial charge in [0, 0.05) is 43.8 Å². The number of aromatic nitrogens is 1. The highest BCUT2D eigenvalue weighted by Crippen LogP contribution is 2.14. The van der Waals surface area contributed by atoms with Crippen molar-refractivity contribution >= 4 is 41.3 Å². The molecule has 0 radical (unpaired) electrons. The largest absolute Gasteiger partial charge is 0.379 e. The molecule has 26 heavy (non-hydrogen) atoms. The van der Waals surface area contributed by atoms with Gasteiger partial charge in [-0.3, -0.25) is 9.89 Å². The van der Waals surface area contributed by atoms with Gasteiger partial charge in [-0.15, -0.1) is 35.3 Å². The molecule has 2 N–H and O–H groups in total. The van der Waals surface area contributed by atoms with Crippen molar-refractivity contribution in [2.45, 2.75) is 46.2 Å². The molecule has 0 aliphatic carbocycles. The topological polar surface area (TPSA) is 61.8 Å². The molecule has 0 aromatic carbocycles. The quantitative estimate of drug-likeness (QED) is 0.330. The number of aliphatic imine (C=N–C) groups is 1. The summed E-state index contributed by atoms with van der Waals surface area (Å²) in [6.45, 7) is 12.1.